The molecule has 0 radical (unpaired) electrons. The number of thiazole rings is 1. The van der Waals surface area contributed by atoms with Crippen LogP contribution in [0.1, 0.15) is 16.3 Å². The fraction of sp³-hybridized carbons (Fsp3) is 0.250. The maximum Gasteiger partial charge on any atom is 0.142 e. The van der Waals surface area contributed by atoms with Gasteiger partial charge in [-0.05, 0) is 19.1 Å². The Morgan fingerprint density at radius 2 is 2.17 bits per heavy atom. The standard InChI is InChI=1S/C12H10BrCl2NOS/c1-7-6-18-11(16-7)5-17-12-8(4-13)2-9(14)3-10(12)15/h2-3,6H,4-5H2,1H3. The Bertz CT molecular complexity index is 559. The Hall–Kier alpha value is -0.290. The van der Waals surface area contributed by atoms with Gasteiger partial charge in [-0.15, -0.1) is 11.3 Å². The molecule has 0 atom stereocenters. The first-order valence-corrected chi connectivity index (χ1v) is 7.93. The van der Waals surface area contributed by atoms with Crippen LogP contribution in [-0.4, -0.2) is 4.98 Å². The summed E-state index contributed by atoms with van der Waals surface area (Å²) < 4.78 is 5.74. The zero-order valence-electron chi connectivity index (χ0n) is 9.54. The normalized spacial score (nSPS) is 10.7. The van der Waals surface area contributed by atoms with Gasteiger partial charge in [-0.2, -0.15) is 0 Å². The third kappa shape index (κ3) is 3.38. The van der Waals surface area contributed by atoms with Crippen molar-refractivity contribution >= 4 is 50.5 Å². The van der Waals surface area contributed by atoms with Crippen LogP contribution in [0.15, 0.2) is 17.5 Å². The number of aryl methyl sites for hydroxylation is 1. The lowest BCUT2D eigenvalue weighted by molar-refractivity contribution is 0.303. The van der Waals surface area contributed by atoms with Gasteiger partial charge in [0, 0.05) is 27.0 Å². The van der Waals surface area contributed by atoms with Crippen LogP contribution in [0.5, 0.6) is 5.75 Å². The molecule has 0 spiro atoms. The number of benzene rings is 1. The van der Waals surface area contributed by atoms with Crippen LogP contribution in [0.2, 0.25) is 10.0 Å². The fourth-order valence-electron chi connectivity index (χ4n) is 1.48. The van der Waals surface area contributed by atoms with Gasteiger partial charge in [-0.1, -0.05) is 39.1 Å². The molecule has 0 saturated carbocycles. The van der Waals surface area contributed by atoms with Crippen molar-refractivity contribution < 1.29 is 4.74 Å². The minimum Gasteiger partial charge on any atom is -0.485 e. The second-order valence-electron chi connectivity index (χ2n) is 3.68. The molecule has 0 saturated heterocycles. The molecule has 18 heavy (non-hydrogen) atoms. The summed E-state index contributed by atoms with van der Waals surface area (Å²) in [6.45, 7) is 2.37. The van der Waals surface area contributed by atoms with Gasteiger partial charge in [0.2, 0.25) is 0 Å². The van der Waals surface area contributed by atoms with Crippen LogP contribution in [0.4, 0.5) is 0 Å². The summed E-state index contributed by atoms with van der Waals surface area (Å²) in [5, 5.41) is 4.68. The maximum atomic E-state index is 6.14. The first-order valence-electron chi connectivity index (χ1n) is 5.18. The second-order valence-corrected chi connectivity index (χ2v) is 6.03. The van der Waals surface area contributed by atoms with Gasteiger partial charge >= 0.3 is 0 Å². The highest BCUT2D eigenvalue weighted by atomic mass is 79.9. The molecule has 1 aromatic heterocycles. The minimum atomic E-state index is 0.417. The van der Waals surface area contributed by atoms with E-state index in [1.165, 1.54) is 0 Å². The number of ether oxygens (including phenoxy) is 1. The lowest BCUT2D eigenvalue weighted by Gasteiger charge is -2.11. The molecule has 0 amide bonds. The number of nitrogens with zero attached hydrogens (tertiary/aromatic N) is 1. The molecule has 1 heterocycles. The van der Waals surface area contributed by atoms with Crippen molar-refractivity contribution in [3.05, 3.63) is 43.8 Å². The Balaban J connectivity index is 2.18. The third-order valence-electron chi connectivity index (χ3n) is 2.24. The van der Waals surface area contributed by atoms with Crippen LogP contribution in [0.3, 0.4) is 0 Å². The SMILES string of the molecule is Cc1csc(COc2c(Cl)cc(Cl)cc2CBr)n1. The molecular weight excluding hydrogens is 357 g/mol. The molecule has 0 N–H and O–H groups in total. The fourth-order valence-corrected chi connectivity index (χ4v) is 3.17. The summed E-state index contributed by atoms with van der Waals surface area (Å²) in [5.74, 6) is 0.658. The Morgan fingerprint density at radius 1 is 1.39 bits per heavy atom. The van der Waals surface area contributed by atoms with E-state index in [4.69, 9.17) is 27.9 Å². The Morgan fingerprint density at radius 3 is 2.78 bits per heavy atom. The number of halogens is 3. The summed E-state index contributed by atoms with van der Waals surface area (Å²) in [6, 6.07) is 3.52. The summed E-state index contributed by atoms with van der Waals surface area (Å²) in [7, 11) is 0. The number of hydrogen-bond acceptors (Lipinski definition) is 3. The molecule has 2 nitrogen and oxygen atoms in total. The number of rotatable bonds is 4. The first kappa shape index (κ1) is 14.1. The maximum absolute atomic E-state index is 6.14. The highest BCUT2D eigenvalue weighted by molar-refractivity contribution is 9.08. The molecule has 0 fully saturated rings. The van der Waals surface area contributed by atoms with E-state index in [0.717, 1.165) is 16.3 Å². The molecule has 2 rings (SSSR count). The van der Waals surface area contributed by atoms with Gasteiger partial charge in [0.1, 0.15) is 17.4 Å². The van der Waals surface area contributed by atoms with E-state index in [1.807, 2.05) is 18.4 Å². The molecule has 0 aliphatic heterocycles. The van der Waals surface area contributed by atoms with Crippen molar-refractivity contribution in [1.82, 2.24) is 4.98 Å². The van der Waals surface area contributed by atoms with Gasteiger partial charge in [-0.3, -0.25) is 0 Å². The van der Waals surface area contributed by atoms with Crippen molar-refractivity contribution in [3.63, 3.8) is 0 Å². The summed E-state index contributed by atoms with van der Waals surface area (Å²) in [6.07, 6.45) is 0. The van der Waals surface area contributed by atoms with Gasteiger partial charge in [0.25, 0.3) is 0 Å². The highest BCUT2D eigenvalue weighted by Gasteiger charge is 2.11. The van der Waals surface area contributed by atoms with E-state index in [0.29, 0.717) is 27.7 Å². The van der Waals surface area contributed by atoms with Crippen molar-refractivity contribution in [2.75, 3.05) is 0 Å². The van der Waals surface area contributed by atoms with Crippen LogP contribution < -0.4 is 4.74 Å². The second kappa shape index (κ2) is 6.24. The van der Waals surface area contributed by atoms with Crippen molar-refractivity contribution in [2.24, 2.45) is 0 Å². The van der Waals surface area contributed by atoms with E-state index in [1.54, 1.807) is 17.4 Å². The topological polar surface area (TPSA) is 22.1 Å². The van der Waals surface area contributed by atoms with Crippen molar-refractivity contribution in [1.29, 1.82) is 0 Å². The van der Waals surface area contributed by atoms with Crippen LogP contribution in [0.25, 0.3) is 0 Å². The molecule has 0 unspecified atom stereocenters. The monoisotopic (exact) mass is 365 g/mol. The molecule has 2 aromatic rings. The molecule has 0 bridgehead atoms. The average molecular weight is 367 g/mol. The van der Waals surface area contributed by atoms with Gasteiger partial charge in [-0.25, -0.2) is 4.98 Å². The quantitative estimate of drug-likeness (QED) is 0.691. The van der Waals surface area contributed by atoms with Gasteiger partial charge < -0.3 is 4.74 Å². The van der Waals surface area contributed by atoms with E-state index in [9.17, 15) is 0 Å². The van der Waals surface area contributed by atoms with Gasteiger partial charge in [0.15, 0.2) is 0 Å². The minimum absolute atomic E-state index is 0.417. The molecular formula is C12H10BrCl2NOS. The summed E-state index contributed by atoms with van der Waals surface area (Å²) in [4.78, 5) is 4.34. The van der Waals surface area contributed by atoms with Crippen LogP contribution in [-0.2, 0) is 11.9 Å². The zero-order valence-corrected chi connectivity index (χ0v) is 13.5. The smallest absolute Gasteiger partial charge is 0.142 e. The van der Waals surface area contributed by atoms with E-state index < -0.39 is 0 Å². The number of alkyl halides is 1. The number of aromatic nitrogens is 1. The largest absolute Gasteiger partial charge is 0.485 e. The molecule has 1 aromatic carbocycles. The molecule has 6 heteroatoms. The van der Waals surface area contributed by atoms with E-state index in [2.05, 4.69) is 20.9 Å². The van der Waals surface area contributed by atoms with Crippen LogP contribution >= 0.6 is 50.5 Å². The lowest BCUT2D eigenvalue weighted by Crippen LogP contribution is -1.98. The summed E-state index contributed by atoms with van der Waals surface area (Å²) in [5.41, 5.74) is 1.93. The zero-order chi connectivity index (χ0) is 13.1. The van der Waals surface area contributed by atoms with Crippen molar-refractivity contribution in [2.45, 2.75) is 18.9 Å². The average Bonchev–Trinajstić information content (AvgIpc) is 2.73. The predicted octanol–water partition coefficient (Wildman–Crippen LogP) is 5.23. The predicted molar refractivity (Wildman–Crippen MR) is 80.3 cm³/mol. The van der Waals surface area contributed by atoms with E-state index >= 15 is 0 Å². The van der Waals surface area contributed by atoms with E-state index in [-0.39, 0.29) is 0 Å². The molecule has 96 valence electrons. The van der Waals surface area contributed by atoms with Crippen LogP contribution in [0, 0.1) is 6.92 Å². The highest BCUT2D eigenvalue weighted by Crippen LogP contribution is 2.34. The third-order valence-corrected chi connectivity index (χ3v) is 4.28. The first-order chi connectivity index (χ1) is 8.60. The summed E-state index contributed by atoms with van der Waals surface area (Å²) >= 11 is 17.1. The lowest BCUT2D eigenvalue weighted by atomic mass is 10.2. The number of hydrogen-bond donors (Lipinski definition) is 0. The molecule has 0 aliphatic carbocycles. The Kier molecular flexibility index (Phi) is 4.90. The van der Waals surface area contributed by atoms with Gasteiger partial charge in [0.05, 0.1) is 5.02 Å². The Labute approximate surface area is 128 Å². The van der Waals surface area contributed by atoms with Crippen molar-refractivity contribution in [3.8, 4) is 5.75 Å². The molecule has 0 aliphatic rings.